The van der Waals surface area contributed by atoms with E-state index in [1.165, 1.54) is 110 Å². The minimum absolute atomic E-state index is 0.310. The zero-order valence-electron chi connectivity index (χ0n) is 23.4. The van der Waals surface area contributed by atoms with Crippen molar-refractivity contribution in [3.8, 4) is 0 Å². The number of aryl methyl sites for hydroxylation is 1. The molecule has 1 aliphatic heterocycles. The average Bonchev–Trinajstić information content (AvgIpc) is 2.77. The topological polar surface area (TPSA) is 24.4 Å². The predicted molar refractivity (Wildman–Crippen MR) is 162 cm³/mol. The average molecular weight is 493 g/mol. The number of benzene rings is 2. The van der Waals surface area contributed by atoms with Gasteiger partial charge in [-0.3, -0.25) is 0 Å². The molecular formula is C34H45BN2. The van der Waals surface area contributed by atoms with Crippen molar-refractivity contribution in [1.82, 2.24) is 0 Å². The fourth-order valence-corrected chi connectivity index (χ4v) is 6.32. The van der Waals surface area contributed by atoms with Crippen molar-refractivity contribution < 1.29 is 0 Å². The van der Waals surface area contributed by atoms with Gasteiger partial charge in [0.2, 0.25) is 0 Å². The van der Waals surface area contributed by atoms with E-state index in [0.29, 0.717) is 5.92 Å². The van der Waals surface area contributed by atoms with Crippen molar-refractivity contribution in [2.24, 2.45) is 16.8 Å². The van der Waals surface area contributed by atoms with Crippen LogP contribution in [0.5, 0.6) is 0 Å². The standard InChI is InChI=1S/C34H45BN2/c1-4-9-27(19-18-26-11-6-12-26)22-33(29-14-8-15-29)37-30-16-7-13-28(20-30)21-32(34-35-23-36-34)31-17-5-10-24(2)25(31)3/h5,7,10,13,16-17,20,23,26-27,32,37H,4,6,8-9,11-12,14-15,18-19,21-22H2,1-3H3. The minimum atomic E-state index is 0.310. The van der Waals surface area contributed by atoms with Gasteiger partial charge < -0.3 is 0 Å². The maximum absolute atomic E-state index is 4.63. The molecule has 0 amide bonds. The van der Waals surface area contributed by atoms with Crippen LogP contribution in [-0.4, -0.2) is 18.6 Å². The van der Waals surface area contributed by atoms with Gasteiger partial charge in [-0.15, -0.1) is 0 Å². The number of aliphatic imine (C=N–C) groups is 1. The summed E-state index contributed by atoms with van der Waals surface area (Å²) in [4.78, 5) is 4.63. The van der Waals surface area contributed by atoms with Crippen molar-refractivity contribution in [1.29, 1.82) is 0 Å². The van der Waals surface area contributed by atoms with Gasteiger partial charge in [0.05, 0.1) is 0 Å². The monoisotopic (exact) mass is 492 g/mol. The molecule has 2 nitrogen and oxygen atoms in total. The van der Waals surface area contributed by atoms with Gasteiger partial charge in [0.1, 0.15) is 0 Å². The molecule has 37 heavy (non-hydrogen) atoms. The molecule has 0 aromatic heterocycles. The Kier molecular flexibility index (Phi) is 8.79. The van der Waals surface area contributed by atoms with Gasteiger partial charge in [-0.05, 0) is 5.92 Å². The number of nitrogens with zero attached hydrogens (tertiary/aromatic N) is 1. The normalized spacial score (nSPS) is 18.1. The molecule has 0 spiro atoms. The van der Waals surface area contributed by atoms with Crippen LogP contribution in [0.15, 0.2) is 58.7 Å². The van der Waals surface area contributed by atoms with E-state index in [4.69, 9.17) is 0 Å². The number of anilines is 1. The number of hydrogen-bond donors (Lipinski definition) is 1. The van der Waals surface area contributed by atoms with E-state index in [1.807, 2.05) is 6.11 Å². The van der Waals surface area contributed by atoms with Gasteiger partial charge >= 0.3 is 194 Å². The van der Waals surface area contributed by atoms with E-state index in [2.05, 4.69) is 80.5 Å². The van der Waals surface area contributed by atoms with Crippen LogP contribution in [0.25, 0.3) is 0 Å². The first-order valence-corrected chi connectivity index (χ1v) is 15.0. The van der Waals surface area contributed by atoms with Crippen LogP contribution in [-0.2, 0) is 6.42 Å². The van der Waals surface area contributed by atoms with Gasteiger partial charge in [0, 0.05) is 0 Å². The molecule has 0 radical (unpaired) electrons. The summed E-state index contributed by atoms with van der Waals surface area (Å²) in [6, 6.07) is 15.9. The van der Waals surface area contributed by atoms with Crippen LogP contribution in [0.1, 0.15) is 106 Å². The Hall–Kier alpha value is -2.42. The van der Waals surface area contributed by atoms with Crippen molar-refractivity contribution in [2.75, 3.05) is 5.32 Å². The second-order valence-corrected chi connectivity index (χ2v) is 11.9. The van der Waals surface area contributed by atoms with Crippen molar-refractivity contribution in [2.45, 2.75) is 104 Å². The Bertz CT molecular complexity index is 1160. The molecular weight excluding hydrogens is 447 g/mol. The quantitative estimate of drug-likeness (QED) is 0.278. The van der Waals surface area contributed by atoms with Crippen LogP contribution in [0.2, 0.25) is 0 Å². The fourth-order valence-electron chi connectivity index (χ4n) is 6.32. The Morgan fingerprint density at radius 3 is 2.51 bits per heavy atom. The van der Waals surface area contributed by atoms with E-state index in [9.17, 15) is 0 Å². The number of hydrogen-bond acceptors (Lipinski definition) is 2. The summed E-state index contributed by atoms with van der Waals surface area (Å²) in [6.45, 7) is 9.02. The van der Waals surface area contributed by atoms with E-state index in [0.717, 1.165) is 18.3 Å². The molecule has 2 saturated carbocycles. The Balaban J connectivity index is 1.31. The number of nitrogens with one attached hydrogen (secondary N) is 1. The van der Waals surface area contributed by atoms with Crippen molar-refractivity contribution >= 4 is 24.3 Å². The zero-order valence-corrected chi connectivity index (χ0v) is 23.4. The molecule has 194 valence electrons. The molecule has 3 aliphatic rings. The molecule has 3 heteroatoms. The van der Waals surface area contributed by atoms with Crippen molar-refractivity contribution in [3.63, 3.8) is 0 Å². The summed E-state index contributed by atoms with van der Waals surface area (Å²) in [5.74, 6) is 2.15. The second-order valence-electron chi connectivity index (χ2n) is 11.9. The molecule has 5 rings (SSSR count). The summed E-state index contributed by atoms with van der Waals surface area (Å²) in [6.07, 6.45) is 18.0. The molecule has 2 fully saturated rings. The van der Waals surface area contributed by atoms with Crippen LogP contribution >= 0.6 is 0 Å². The molecule has 2 aromatic carbocycles. The third-order valence-corrected chi connectivity index (χ3v) is 9.29. The summed E-state index contributed by atoms with van der Waals surface area (Å²) >= 11 is 0. The molecule has 1 N–H and O–H groups in total. The summed E-state index contributed by atoms with van der Waals surface area (Å²) in [5, 5.41) is 3.95. The Morgan fingerprint density at radius 2 is 1.86 bits per heavy atom. The third kappa shape index (κ3) is 6.54. The van der Waals surface area contributed by atoms with Crippen LogP contribution in [0.3, 0.4) is 0 Å². The third-order valence-electron chi connectivity index (χ3n) is 9.29. The van der Waals surface area contributed by atoms with Gasteiger partial charge in [-0.1, -0.05) is 26.2 Å². The van der Waals surface area contributed by atoms with Gasteiger partial charge in [-0.2, -0.15) is 0 Å². The zero-order chi connectivity index (χ0) is 25.6. The summed E-state index contributed by atoms with van der Waals surface area (Å²) in [5.41, 5.74) is 11.2. The van der Waals surface area contributed by atoms with Gasteiger partial charge in [0.15, 0.2) is 0 Å². The molecule has 0 bridgehead atoms. The molecule has 2 aromatic rings. The van der Waals surface area contributed by atoms with Crippen LogP contribution in [0, 0.1) is 25.7 Å². The van der Waals surface area contributed by atoms with Gasteiger partial charge in [-0.25, -0.2) is 0 Å². The Morgan fingerprint density at radius 1 is 1.05 bits per heavy atom. The molecule has 1 heterocycles. The fraction of sp³-hybridized carbons (Fsp3) is 0.529. The summed E-state index contributed by atoms with van der Waals surface area (Å²) < 4.78 is 0. The molecule has 2 aliphatic carbocycles. The number of allylic oxidation sites excluding steroid dienone is 2. The predicted octanol–water partition coefficient (Wildman–Crippen LogP) is 8.74. The van der Waals surface area contributed by atoms with Crippen LogP contribution in [0.4, 0.5) is 5.69 Å². The van der Waals surface area contributed by atoms with E-state index < -0.39 is 0 Å². The molecule has 2 unspecified atom stereocenters. The first-order valence-electron chi connectivity index (χ1n) is 15.0. The SMILES string of the molecule is CCCC(CCC1CCC1)CC(Nc1cccc(CC(C2=BC=N2)c2cccc(C)c2C)c1)=C1CCC1. The van der Waals surface area contributed by atoms with Crippen molar-refractivity contribution in [3.05, 3.63) is 76.0 Å². The first kappa shape index (κ1) is 26.2. The second kappa shape index (κ2) is 12.4. The van der Waals surface area contributed by atoms with E-state index in [-0.39, 0.29) is 0 Å². The Labute approximate surface area is 226 Å². The van der Waals surface area contributed by atoms with E-state index in [1.54, 1.807) is 5.57 Å². The van der Waals surface area contributed by atoms with E-state index >= 15 is 0 Å². The maximum atomic E-state index is 4.63. The van der Waals surface area contributed by atoms with Crippen LogP contribution < -0.4 is 5.32 Å². The molecule has 0 saturated heterocycles. The molecule has 2 atom stereocenters. The summed E-state index contributed by atoms with van der Waals surface area (Å²) in [7, 11) is 0. The first-order chi connectivity index (χ1) is 18.1. The van der Waals surface area contributed by atoms with Gasteiger partial charge in [0.25, 0.3) is 0 Å². The number of rotatable bonds is 13.